The summed E-state index contributed by atoms with van der Waals surface area (Å²) in [5.41, 5.74) is 11.0. The number of aromatic hydroxyl groups is 1. The molecular weight excluding hydrogens is 1760 g/mol. The van der Waals surface area contributed by atoms with E-state index in [-0.39, 0.29) is 43.5 Å². The number of allylic oxidation sites excluding steroid dienone is 1. The molecule has 11 amide bonds. The van der Waals surface area contributed by atoms with Gasteiger partial charge in [-0.25, -0.2) is 4.79 Å². The van der Waals surface area contributed by atoms with Crippen LogP contribution in [0.5, 0.6) is 5.75 Å². The molecule has 4 fully saturated rings. The van der Waals surface area contributed by atoms with E-state index in [9.17, 15) is 104 Å². The number of ether oxygens (including phenoxy) is 10. The highest BCUT2D eigenvalue weighted by atomic mass is 16.7. The first-order valence-electron chi connectivity index (χ1n) is 44.9. The molecule has 1 aromatic carbocycles. The zero-order chi connectivity index (χ0) is 99.2. The molecule has 4 aliphatic heterocycles. The van der Waals surface area contributed by atoms with Crippen LogP contribution in [0.25, 0.3) is 0 Å². The summed E-state index contributed by atoms with van der Waals surface area (Å²) in [6, 6.07) is -11.1. The lowest BCUT2D eigenvalue weighted by atomic mass is 9.96. The Morgan fingerprint density at radius 3 is 1.80 bits per heavy atom. The number of primary amides is 1. The van der Waals surface area contributed by atoms with Gasteiger partial charge in [0.25, 0.3) is 11.8 Å². The normalized spacial score (nSPS) is 29.2. The molecule has 23 N–H and O–H groups in total. The maximum atomic E-state index is 15.5. The van der Waals surface area contributed by atoms with Gasteiger partial charge in [-0.3, -0.25) is 67.1 Å². The van der Waals surface area contributed by atoms with Crippen LogP contribution < -0.4 is 59.3 Å². The molecule has 0 radical (unpaired) electrons. The Balaban J connectivity index is 1.65. The molecule has 0 saturated carbocycles. The topological polar surface area (TPSA) is 714 Å². The van der Waals surface area contributed by atoms with Gasteiger partial charge in [-0.15, -0.1) is 0 Å². The molecule has 0 spiro atoms. The summed E-state index contributed by atoms with van der Waals surface area (Å²) in [5.74, 6) is -18.5. The van der Waals surface area contributed by atoms with E-state index in [0.717, 1.165) is 120 Å². The lowest BCUT2D eigenvalue weighted by Crippen LogP contribution is -2.67. The fourth-order valence-electron chi connectivity index (χ4n) is 15.2. The van der Waals surface area contributed by atoms with Gasteiger partial charge in [-0.1, -0.05) is 109 Å². The SMILES string of the molecule is CC=C1NC(=O)C(Cc2ccc(O)cc2)NC(=O)C(C(C)O)NC(=O)C(NC(=O)C(NC(=O)C(O)C(CCCCCCCCCCCCCCC)OC2OCC(O)C(OC3OC(CO)C(O)C(O)C3NC(C)=O)C2O)C(C)O)C(C)OC(=O)C(CCCCN)NC(=O)C(C(C)OC2OC(COC(C)=O)C(OC(C)=O)C(OC(C)=O)C2O)N(C)C(=O)CNC(=O)C(CCC(N)=O)NC1=O. The third-order valence-electron chi connectivity index (χ3n) is 22.6. The maximum Gasteiger partial charge on any atom is 0.328 e. The summed E-state index contributed by atoms with van der Waals surface area (Å²) in [5, 5.41) is 133. The Labute approximate surface area is 770 Å². The van der Waals surface area contributed by atoms with Crippen LogP contribution in [0.2, 0.25) is 0 Å². The molecule has 4 heterocycles. The number of phenols is 1. The molecule has 4 saturated heterocycles. The molecule has 0 aliphatic carbocycles. The zero-order valence-electron chi connectivity index (χ0n) is 76.9. The quantitative estimate of drug-likeness (QED) is 0.0125. The first kappa shape index (κ1) is 114. The highest BCUT2D eigenvalue weighted by Gasteiger charge is 2.54. The van der Waals surface area contributed by atoms with Crippen LogP contribution in [0, 0.1) is 0 Å². The van der Waals surface area contributed by atoms with Crippen LogP contribution in [0.4, 0.5) is 0 Å². The van der Waals surface area contributed by atoms with Crippen LogP contribution in [0.1, 0.15) is 197 Å². The summed E-state index contributed by atoms with van der Waals surface area (Å²) in [7, 11) is 0.995. The maximum absolute atomic E-state index is 15.5. The number of hydrogen-bond acceptors (Lipinski definition) is 36. The molecule has 752 valence electrons. The van der Waals surface area contributed by atoms with Gasteiger partial charge in [0.05, 0.1) is 44.2 Å². The standard InChI is InChI=1S/C86H138N12O35/c1-12-14-15-16-17-18-19-20-21-22-23-24-25-29-57(130-85-70(113)72(56(107)40-125-85)133-84-65(90-46(7)102)69(112)67(110)58(39-99)131-84)68(111)82(122)96-63(43(4)101)79(119)97-64-44(5)126-83(123)54(28-26-27-36-87)93-81(121)66(45(6)127-86-71(114)74(129-49(10)105)73(128-48(9)104)59(132-86)41-124-47(8)103)98(11)61(109)38-89-75(115)53(34-35-60(88)108)92-76(116)52(13-2)91-77(117)55(37-50-30-32-51(106)33-31-50)94-78(118)62(42(3)100)95-80(64)120/h13,30-33,42-45,53-59,62-74,84-86,99-101,106-107,110-114H,12,14-29,34-41,87H2,1-11H3,(H2,88,108)(H,89,115)(H,90,102)(H,91,117)(H,92,116)(H,93,121)(H,94,118)(H,95,120)(H,96,122)(H,97,119). The van der Waals surface area contributed by atoms with Gasteiger partial charge in [0.1, 0.15) is 121 Å². The third kappa shape index (κ3) is 36.4. The lowest BCUT2D eigenvalue weighted by molar-refractivity contribution is -0.339. The fourth-order valence-corrected chi connectivity index (χ4v) is 15.2. The predicted octanol–water partition coefficient (Wildman–Crippen LogP) is -5.54. The first-order valence-corrected chi connectivity index (χ1v) is 44.9. The number of hydrogen-bond donors (Lipinski definition) is 21. The van der Waals surface area contributed by atoms with Gasteiger partial charge in [0.15, 0.2) is 37.2 Å². The van der Waals surface area contributed by atoms with Crippen LogP contribution in [0.3, 0.4) is 0 Å². The summed E-state index contributed by atoms with van der Waals surface area (Å²) < 4.78 is 57.7. The number of carbonyl (C=O) groups is 15. The van der Waals surface area contributed by atoms with E-state index in [4.69, 9.17) is 58.8 Å². The zero-order valence-corrected chi connectivity index (χ0v) is 76.9. The number of amides is 11. The number of cyclic esters (lactones) is 1. The largest absolute Gasteiger partial charge is 0.508 e. The van der Waals surface area contributed by atoms with Crippen molar-refractivity contribution in [1.29, 1.82) is 0 Å². The summed E-state index contributed by atoms with van der Waals surface area (Å²) in [6.45, 7) is 8.01. The Morgan fingerprint density at radius 2 is 1.23 bits per heavy atom. The van der Waals surface area contributed by atoms with E-state index in [1.807, 2.05) is 0 Å². The van der Waals surface area contributed by atoms with Gasteiger partial charge in [0, 0.05) is 47.6 Å². The smallest absolute Gasteiger partial charge is 0.328 e. The molecule has 133 heavy (non-hydrogen) atoms. The number of aliphatic hydroxyl groups is 9. The summed E-state index contributed by atoms with van der Waals surface area (Å²) in [6.07, 6.45) is -25.4. The Hall–Kier alpha value is -9.83. The van der Waals surface area contributed by atoms with Gasteiger partial charge in [0.2, 0.25) is 53.2 Å². The first-order chi connectivity index (χ1) is 62.9. The van der Waals surface area contributed by atoms with Crippen molar-refractivity contribution in [2.24, 2.45) is 11.5 Å². The monoisotopic (exact) mass is 1900 g/mol. The molecule has 0 aromatic heterocycles. The molecule has 47 nitrogen and oxygen atoms in total. The predicted molar refractivity (Wildman–Crippen MR) is 461 cm³/mol. The average molecular weight is 1900 g/mol. The van der Waals surface area contributed by atoms with Gasteiger partial charge in [-0.05, 0) is 91.0 Å². The molecule has 47 heteroatoms. The summed E-state index contributed by atoms with van der Waals surface area (Å²) >= 11 is 0. The minimum atomic E-state index is -2.40. The van der Waals surface area contributed by atoms with Gasteiger partial charge in [-0.2, -0.15) is 0 Å². The van der Waals surface area contributed by atoms with Crippen molar-refractivity contribution in [3.63, 3.8) is 0 Å². The van der Waals surface area contributed by atoms with Crippen molar-refractivity contribution in [2.75, 3.05) is 40.0 Å². The Morgan fingerprint density at radius 1 is 0.639 bits per heavy atom. The second-order valence-electron chi connectivity index (χ2n) is 33.5. The molecular formula is C86H138N12O35. The van der Waals surface area contributed by atoms with E-state index >= 15 is 19.2 Å². The second kappa shape index (κ2) is 57.1. The molecule has 1 aromatic rings. The summed E-state index contributed by atoms with van der Waals surface area (Å²) in [4.78, 5) is 212. The van der Waals surface area contributed by atoms with E-state index in [1.165, 1.54) is 44.0 Å². The minimum absolute atomic E-state index is 0.0341. The highest BCUT2D eigenvalue weighted by molar-refractivity contribution is 6.03. The molecule has 4 aliphatic rings. The number of carbonyl (C=O) groups excluding carboxylic acids is 15. The minimum Gasteiger partial charge on any atom is -0.508 e. The number of benzene rings is 1. The van der Waals surface area contributed by atoms with Crippen molar-refractivity contribution in [2.45, 2.75) is 363 Å². The second-order valence-corrected chi connectivity index (χ2v) is 33.5. The number of unbranched alkanes of at least 4 members (excludes halogenated alkanes) is 13. The number of nitrogens with one attached hydrogen (secondary N) is 9. The molecule has 27 unspecified atom stereocenters. The van der Waals surface area contributed by atoms with Crippen molar-refractivity contribution in [1.82, 2.24) is 52.8 Å². The Bertz CT molecular complexity index is 4000. The highest BCUT2D eigenvalue weighted by Crippen LogP contribution is 2.33. The molecule has 27 atom stereocenters. The average Bonchev–Trinajstić information content (AvgIpc) is 0.791. The van der Waals surface area contributed by atoms with Crippen LogP contribution in [0.15, 0.2) is 36.0 Å². The number of nitrogens with two attached hydrogens (primary N) is 2. The van der Waals surface area contributed by atoms with E-state index in [2.05, 4.69) is 54.8 Å². The number of esters is 4. The van der Waals surface area contributed by atoms with Crippen molar-refractivity contribution in [3.8, 4) is 5.75 Å². The van der Waals surface area contributed by atoms with Crippen LogP contribution >= 0.6 is 0 Å². The third-order valence-corrected chi connectivity index (χ3v) is 22.6. The van der Waals surface area contributed by atoms with E-state index in [0.29, 0.717) is 17.7 Å². The molecule has 5 rings (SSSR count). The van der Waals surface area contributed by atoms with Crippen LogP contribution in [-0.4, -0.2) is 350 Å². The number of aliphatic hydroxyl groups excluding tert-OH is 9. The number of phenolic OH excluding ortho intramolecular Hbond substituents is 1. The number of rotatable bonds is 43. The van der Waals surface area contributed by atoms with Crippen LogP contribution in [-0.2, 0) is 126 Å². The van der Waals surface area contributed by atoms with Gasteiger partial charge < -0.3 is 163 Å². The number of nitrogens with zero attached hydrogens (tertiary/aromatic N) is 1. The fraction of sp³-hybridized carbons (Fsp3) is 0.733. The Kier molecular flexibility index (Phi) is 48.8. The van der Waals surface area contributed by atoms with Crippen molar-refractivity contribution >= 4 is 88.9 Å². The molecule has 0 bridgehead atoms. The van der Waals surface area contributed by atoms with E-state index in [1.54, 1.807) is 0 Å². The van der Waals surface area contributed by atoms with E-state index < -0.39 is 311 Å². The lowest BCUT2D eigenvalue weighted by Gasteiger charge is -2.46. The number of likely N-dealkylation sites (N-methyl/N-ethyl adjacent to an activating group) is 1. The van der Waals surface area contributed by atoms with Crippen molar-refractivity contribution in [3.05, 3.63) is 41.6 Å². The van der Waals surface area contributed by atoms with Gasteiger partial charge >= 0.3 is 23.9 Å². The van der Waals surface area contributed by atoms with Crippen molar-refractivity contribution < 1.29 is 170 Å².